The Balaban J connectivity index is 1.36. The Labute approximate surface area is 179 Å². The first-order chi connectivity index (χ1) is 14.7. The van der Waals surface area contributed by atoms with Gasteiger partial charge in [-0.15, -0.1) is 0 Å². The van der Waals surface area contributed by atoms with Crippen molar-refractivity contribution in [3.05, 3.63) is 65.7 Å². The zero-order valence-corrected chi connectivity index (χ0v) is 17.7. The molecule has 0 radical (unpaired) electrons. The highest BCUT2D eigenvalue weighted by molar-refractivity contribution is 5.77. The second-order valence-electron chi connectivity index (χ2n) is 9.11. The van der Waals surface area contributed by atoms with Crippen molar-refractivity contribution in [2.24, 2.45) is 5.92 Å². The van der Waals surface area contributed by atoms with Crippen molar-refractivity contribution in [1.82, 2.24) is 15.1 Å². The first kappa shape index (κ1) is 19.6. The molecule has 158 valence electrons. The van der Waals surface area contributed by atoms with E-state index >= 15 is 0 Å². The second kappa shape index (κ2) is 8.05. The van der Waals surface area contributed by atoms with E-state index in [1.54, 1.807) is 7.11 Å². The van der Waals surface area contributed by atoms with E-state index in [0.29, 0.717) is 18.8 Å². The molecule has 2 aromatic carbocycles. The lowest BCUT2D eigenvalue weighted by molar-refractivity contribution is -0.124. The molecule has 4 aliphatic heterocycles. The molecule has 3 atom stereocenters. The summed E-state index contributed by atoms with van der Waals surface area (Å²) in [5.41, 5.74) is 2.42. The number of nitrogens with zero attached hydrogens (tertiary/aromatic N) is 2. The number of piperidine rings is 2. The molecule has 4 fully saturated rings. The summed E-state index contributed by atoms with van der Waals surface area (Å²) in [6.45, 7) is 6.51. The minimum absolute atomic E-state index is 0.0287. The molecule has 0 saturated carbocycles. The third-order valence-corrected chi connectivity index (χ3v) is 7.28. The minimum atomic E-state index is -0.0287. The number of benzene rings is 2. The number of methoxy groups -OCH3 is 1. The Bertz CT molecular complexity index is 884. The molecule has 2 unspecified atom stereocenters. The van der Waals surface area contributed by atoms with Gasteiger partial charge in [-0.2, -0.15) is 0 Å². The number of ether oxygens (including phenoxy) is 1. The molecule has 6 rings (SSSR count). The average molecular weight is 406 g/mol. The summed E-state index contributed by atoms with van der Waals surface area (Å²) in [7, 11) is 1.69. The van der Waals surface area contributed by atoms with Crippen LogP contribution in [0, 0.1) is 5.92 Å². The fraction of sp³-hybridized carbons (Fsp3) is 0.480. The zero-order valence-electron chi connectivity index (χ0n) is 17.7. The van der Waals surface area contributed by atoms with E-state index < -0.39 is 0 Å². The predicted molar refractivity (Wildman–Crippen MR) is 118 cm³/mol. The summed E-state index contributed by atoms with van der Waals surface area (Å²) in [5, 5.41) is 3.50. The molecule has 4 heterocycles. The molecule has 2 aromatic rings. The van der Waals surface area contributed by atoms with Gasteiger partial charge >= 0.3 is 0 Å². The van der Waals surface area contributed by atoms with Crippen LogP contribution in [0.4, 0.5) is 0 Å². The zero-order chi connectivity index (χ0) is 20.6. The van der Waals surface area contributed by atoms with Crippen molar-refractivity contribution >= 4 is 5.91 Å². The Morgan fingerprint density at radius 2 is 1.70 bits per heavy atom. The van der Waals surface area contributed by atoms with Crippen LogP contribution in [0.15, 0.2) is 54.6 Å². The van der Waals surface area contributed by atoms with Gasteiger partial charge in [0.15, 0.2) is 0 Å². The summed E-state index contributed by atoms with van der Waals surface area (Å²) >= 11 is 0. The lowest BCUT2D eigenvalue weighted by atomic mass is 9.64. The number of carbonyl (C=O) groups excluding carboxylic acids is 1. The highest BCUT2D eigenvalue weighted by Crippen LogP contribution is 2.43. The van der Waals surface area contributed by atoms with E-state index in [0.717, 1.165) is 50.6 Å². The third-order valence-electron chi connectivity index (χ3n) is 7.28. The lowest BCUT2D eigenvalue weighted by Crippen LogP contribution is -2.70. The van der Waals surface area contributed by atoms with Crippen molar-refractivity contribution in [2.45, 2.75) is 24.3 Å². The van der Waals surface area contributed by atoms with Gasteiger partial charge in [-0.25, -0.2) is 0 Å². The maximum absolute atomic E-state index is 13.1. The molecule has 1 amide bonds. The Kier molecular flexibility index (Phi) is 5.25. The van der Waals surface area contributed by atoms with Gasteiger partial charge in [0.25, 0.3) is 0 Å². The fourth-order valence-electron chi connectivity index (χ4n) is 5.97. The van der Waals surface area contributed by atoms with Crippen molar-refractivity contribution in [1.29, 1.82) is 0 Å². The van der Waals surface area contributed by atoms with Gasteiger partial charge in [0.05, 0.1) is 7.11 Å². The number of rotatable bonds is 6. The predicted octanol–water partition coefficient (Wildman–Crippen LogP) is 2.31. The summed E-state index contributed by atoms with van der Waals surface area (Å²) in [6, 6.07) is 19.0. The van der Waals surface area contributed by atoms with Gasteiger partial charge in [-0.3, -0.25) is 4.79 Å². The maximum atomic E-state index is 13.1. The van der Waals surface area contributed by atoms with Gasteiger partial charge in [0.2, 0.25) is 5.91 Å². The Morgan fingerprint density at radius 1 is 1.03 bits per heavy atom. The van der Waals surface area contributed by atoms with Crippen LogP contribution in [0.25, 0.3) is 0 Å². The molecule has 4 bridgehead atoms. The van der Waals surface area contributed by atoms with Gasteiger partial charge in [0, 0.05) is 63.1 Å². The lowest BCUT2D eigenvalue weighted by Gasteiger charge is -2.55. The summed E-state index contributed by atoms with van der Waals surface area (Å²) in [6.07, 6.45) is 1.19. The quantitative estimate of drug-likeness (QED) is 0.801. The van der Waals surface area contributed by atoms with Crippen LogP contribution in [0.3, 0.4) is 0 Å². The number of amides is 1. The minimum Gasteiger partial charge on any atom is -0.496 e. The van der Waals surface area contributed by atoms with Crippen molar-refractivity contribution in [3.8, 4) is 5.75 Å². The van der Waals surface area contributed by atoms with Crippen molar-refractivity contribution in [3.63, 3.8) is 0 Å². The van der Waals surface area contributed by atoms with Crippen LogP contribution in [-0.4, -0.2) is 68.1 Å². The Morgan fingerprint density at radius 3 is 2.40 bits per heavy atom. The van der Waals surface area contributed by atoms with Crippen molar-refractivity contribution in [2.75, 3.05) is 46.4 Å². The number of nitrogens with one attached hydrogen (secondary N) is 1. The van der Waals surface area contributed by atoms with E-state index in [4.69, 9.17) is 4.74 Å². The topological polar surface area (TPSA) is 44.8 Å². The number of hydrogen-bond acceptors (Lipinski definition) is 4. The molecule has 4 aliphatic rings. The summed E-state index contributed by atoms with van der Waals surface area (Å²) < 4.78 is 5.45. The molecule has 1 N–H and O–H groups in total. The molecular weight excluding hydrogens is 374 g/mol. The van der Waals surface area contributed by atoms with Crippen LogP contribution in [0.1, 0.15) is 17.5 Å². The standard InChI is InChI=1S/C25H31N3O2/c1-30-22-10-6-5-7-19(22)11-12-23(29)26-24-20-15-27-13-14-28(16-20)18-25(24,17-27)21-8-3-2-4-9-21/h2-10,20,24H,11-18H2,1H3,(H,26,29)/t20?,24-,25?/m0/s1. The first-order valence-corrected chi connectivity index (χ1v) is 11.1. The van der Waals surface area contributed by atoms with E-state index in [1.165, 1.54) is 5.56 Å². The molecule has 0 aliphatic carbocycles. The van der Waals surface area contributed by atoms with Crippen LogP contribution in [0.2, 0.25) is 0 Å². The first-order valence-electron chi connectivity index (χ1n) is 11.1. The number of carbonyl (C=O) groups is 1. The van der Waals surface area contributed by atoms with Gasteiger partial charge < -0.3 is 19.9 Å². The molecule has 30 heavy (non-hydrogen) atoms. The van der Waals surface area contributed by atoms with E-state index in [2.05, 4.69) is 45.4 Å². The van der Waals surface area contributed by atoms with E-state index in [9.17, 15) is 4.79 Å². The Hall–Kier alpha value is -2.37. The smallest absolute Gasteiger partial charge is 0.220 e. The normalized spacial score (nSPS) is 31.9. The molecule has 5 heteroatoms. The van der Waals surface area contributed by atoms with Gasteiger partial charge in [-0.05, 0) is 23.6 Å². The number of hydrogen-bond donors (Lipinski definition) is 1. The molecule has 4 saturated heterocycles. The van der Waals surface area contributed by atoms with Crippen LogP contribution in [-0.2, 0) is 16.6 Å². The molecule has 0 spiro atoms. The van der Waals surface area contributed by atoms with E-state index in [-0.39, 0.29) is 17.4 Å². The average Bonchev–Trinajstić information content (AvgIpc) is 3.03. The second-order valence-corrected chi connectivity index (χ2v) is 9.11. The molecular formula is C25H31N3O2. The van der Waals surface area contributed by atoms with Gasteiger partial charge in [-0.1, -0.05) is 48.5 Å². The third kappa shape index (κ3) is 3.50. The number of para-hydroxylation sites is 1. The highest BCUT2D eigenvalue weighted by Gasteiger charge is 2.55. The van der Waals surface area contributed by atoms with Crippen LogP contribution < -0.4 is 10.1 Å². The van der Waals surface area contributed by atoms with Gasteiger partial charge in [0.1, 0.15) is 5.75 Å². The number of fused-ring (bicyclic) bond motifs is 1. The van der Waals surface area contributed by atoms with Crippen LogP contribution >= 0.6 is 0 Å². The molecule has 0 aromatic heterocycles. The highest BCUT2D eigenvalue weighted by atomic mass is 16.5. The summed E-state index contributed by atoms with van der Waals surface area (Å²) in [4.78, 5) is 18.3. The largest absolute Gasteiger partial charge is 0.496 e. The fourth-order valence-corrected chi connectivity index (χ4v) is 5.97. The SMILES string of the molecule is COc1ccccc1CCC(=O)N[C@H]1C2CN3CCN(C2)CC1(c1ccccc1)C3. The maximum Gasteiger partial charge on any atom is 0.220 e. The van der Waals surface area contributed by atoms with Crippen LogP contribution in [0.5, 0.6) is 5.75 Å². The van der Waals surface area contributed by atoms with Crippen molar-refractivity contribution < 1.29 is 9.53 Å². The monoisotopic (exact) mass is 405 g/mol. The summed E-state index contributed by atoms with van der Waals surface area (Å²) in [5.74, 6) is 1.49. The number of aryl methyl sites for hydroxylation is 1. The molecule has 5 nitrogen and oxygen atoms in total. The van der Waals surface area contributed by atoms with E-state index in [1.807, 2.05) is 24.3 Å².